The molecule has 8 heavy (non-hydrogen) atoms. The Bertz CT molecular complexity index is 193. The molecule has 4 heteroatoms. The van der Waals surface area contributed by atoms with Gasteiger partial charge in [-0.1, -0.05) is 11.8 Å². The lowest BCUT2D eigenvalue weighted by atomic mass is 10.5. The number of H-pyrrole nitrogens is 1. The zero-order chi connectivity index (χ0) is 5.98. The summed E-state index contributed by atoms with van der Waals surface area (Å²) in [6, 6.07) is 0. The van der Waals surface area contributed by atoms with E-state index in [4.69, 9.17) is 0 Å². The summed E-state index contributed by atoms with van der Waals surface area (Å²) in [6.45, 7) is 3.30. The molecule has 0 saturated heterocycles. The van der Waals surface area contributed by atoms with Crippen LogP contribution in [-0.4, -0.2) is 15.4 Å². The summed E-state index contributed by atoms with van der Waals surface area (Å²) in [4.78, 5) is 0. The molecule has 0 saturated carbocycles. The van der Waals surface area contributed by atoms with Crippen LogP contribution in [0.25, 0.3) is 6.08 Å². The molecule has 3 nitrogen and oxygen atoms in total. The van der Waals surface area contributed by atoms with Gasteiger partial charge in [0.25, 0.3) is 0 Å². The molecule has 0 amide bonds. The summed E-state index contributed by atoms with van der Waals surface area (Å²) in [5, 5.41) is 8.53. The van der Waals surface area contributed by atoms with Gasteiger partial charge in [0.2, 0.25) is 5.95 Å². The van der Waals surface area contributed by atoms with Crippen molar-refractivity contribution in [2.24, 2.45) is 0 Å². The van der Waals surface area contributed by atoms with Crippen LogP contribution < -0.4 is 0 Å². The minimum absolute atomic E-state index is 0.157. The normalized spacial score (nSPS) is 9.12. The molecule has 1 rings (SSSR count). The first kappa shape index (κ1) is 4.96. The maximum atomic E-state index is 12.1. The number of nitrogens with zero attached hydrogens (tertiary/aromatic N) is 2. The van der Waals surface area contributed by atoms with E-state index in [2.05, 4.69) is 16.9 Å². The molecule has 0 aliphatic heterocycles. The highest BCUT2D eigenvalue weighted by Crippen LogP contribution is 1.96. The van der Waals surface area contributed by atoms with E-state index >= 15 is 0 Å². The van der Waals surface area contributed by atoms with Crippen LogP contribution in [0, 0.1) is 5.95 Å². The molecule has 0 fully saturated rings. The first-order valence-electron chi connectivity index (χ1n) is 2.03. The van der Waals surface area contributed by atoms with Crippen molar-refractivity contribution in [3.63, 3.8) is 0 Å². The molecule has 0 aliphatic carbocycles. The molecule has 1 aromatic heterocycles. The Labute approximate surface area is 45.2 Å². The van der Waals surface area contributed by atoms with Gasteiger partial charge in [0.05, 0.1) is 0 Å². The molecule has 0 bridgehead atoms. The molecular weight excluding hydrogens is 109 g/mol. The lowest BCUT2D eigenvalue weighted by molar-refractivity contribution is 0.577. The molecule has 1 aromatic rings. The van der Waals surface area contributed by atoms with E-state index in [9.17, 15) is 4.39 Å². The summed E-state index contributed by atoms with van der Waals surface area (Å²) in [6.07, 6.45) is 1.29. The highest BCUT2D eigenvalue weighted by Gasteiger charge is 1.97. The number of halogens is 1. The van der Waals surface area contributed by atoms with Gasteiger partial charge in [0.1, 0.15) is 5.69 Å². The molecule has 0 unspecified atom stereocenters. The van der Waals surface area contributed by atoms with Gasteiger partial charge in [0.15, 0.2) is 0 Å². The fourth-order valence-electron chi connectivity index (χ4n) is 0.354. The lowest BCUT2D eigenvalue weighted by Crippen LogP contribution is -1.74. The summed E-state index contributed by atoms with van der Waals surface area (Å²) in [5.41, 5.74) is 0.157. The van der Waals surface area contributed by atoms with Crippen molar-refractivity contribution in [1.82, 2.24) is 15.4 Å². The molecule has 0 spiro atoms. The Kier molecular flexibility index (Phi) is 1.07. The average Bonchev–Trinajstić information content (AvgIpc) is 2.14. The minimum atomic E-state index is -0.542. The fourth-order valence-corrected chi connectivity index (χ4v) is 0.354. The standard InChI is InChI=1S/C4H4FN3/c1-2-3-4(5)7-8-6-3/h2H,1H2,(H,6,7,8). The number of aromatic amines is 1. The Morgan fingerprint density at radius 1 is 1.75 bits per heavy atom. The van der Waals surface area contributed by atoms with Gasteiger partial charge in [0, 0.05) is 0 Å². The quantitative estimate of drug-likeness (QED) is 0.579. The topological polar surface area (TPSA) is 41.6 Å². The van der Waals surface area contributed by atoms with E-state index in [1.807, 2.05) is 5.10 Å². The van der Waals surface area contributed by atoms with Crippen molar-refractivity contribution < 1.29 is 4.39 Å². The molecule has 0 aromatic carbocycles. The van der Waals surface area contributed by atoms with Crippen molar-refractivity contribution in [2.75, 3.05) is 0 Å². The first-order valence-corrected chi connectivity index (χ1v) is 2.03. The predicted molar refractivity (Wildman–Crippen MR) is 26.4 cm³/mol. The van der Waals surface area contributed by atoms with Gasteiger partial charge in [-0.25, -0.2) is 5.10 Å². The lowest BCUT2D eigenvalue weighted by Gasteiger charge is -1.74. The molecule has 1 N–H and O–H groups in total. The number of hydrogen-bond acceptors (Lipinski definition) is 2. The molecular formula is C4H4FN3. The Balaban J connectivity index is 3.09. The van der Waals surface area contributed by atoms with Crippen molar-refractivity contribution in [2.45, 2.75) is 0 Å². The number of nitrogens with one attached hydrogen (secondary N) is 1. The van der Waals surface area contributed by atoms with Gasteiger partial charge < -0.3 is 0 Å². The van der Waals surface area contributed by atoms with Crippen molar-refractivity contribution in [3.05, 3.63) is 18.2 Å². The van der Waals surface area contributed by atoms with Gasteiger partial charge in [-0.05, 0) is 6.08 Å². The van der Waals surface area contributed by atoms with Gasteiger partial charge >= 0.3 is 0 Å². The van der Waals surface area contributed by atoms with E-state index in [0.717, 1.165) is 0 Å². The third-order valence-corrected chi connectivity index (χ3v) is 0.724. The van der Waals surface area contributed by atoms with Crippen LogP contribution in [0.5, 0.6) is 0 Å². The summed E-state index contributed by atoms with van der Waals surface area (Å²) in [7, 11) is 0. The van der Waals surface area contributed by atoms with Crippen molar-refractivity contribution in [3.8, 4) is 0 Å². The Morgan fingerprint density at radius 3 is 2.75 bits per heavy atom. The second-order valence-corrected chi connectivity index (χ2v) is 1.22. The van der Waals surface area contributed by atoms with Crippen LogP contribution in [0.4, 0.5) is 4.39 Å². The summed E-state index contributed by atoms with van der Waals surface area (Å²) < 4.78 is 12.1. The Hall–Kier alpha value is -1.19. The van der Waals surface area contributed by atoms with E-state index in [1.54, 1.807) is 0 Å². The van der Waals surface area contributed by atoms with Gasteiger partial charge in [-0.15, -0.1) is 5.10 Å². The fraction of sp³-hybridized carbons (Fsp3) is 0. The van der Waals surface area contributed by atoms with Crippen LogP contribution in [0.15, 0.2) is 6.58 Å². The van der Waals surface area contributed by atoms with Gasteiger partial charge in [-0.3, -0.25) is 0 Å². The molecule has 0 aliphatic rings. The van der Waals surface area contributed by atoms with Crippen LogP contribution in [0.1, 0.15) is 5.69 Å². The Morgan fingerprint density at radius 2 is 2.50 bits per heavy atom. The maximum absolute atomic E-state index is 12.1. The number of rotatable bonds is 1. The van der Waals surface area contributed by atoms with E-state index in [1.165, 1.54) is 6.08 Å². The van der Waals surface area contributed by atoms with Crippen LogP contribution in [0.2, 0.25) is 0 Å². The summed E-state index contributed by atoms with van der Waals surface area (Å²) in [5.74, 6) is -0.542. The highest BCUT2D eigenvalue weighted by atomic mass is 19.1. The monoisotopic (exact) mass is 113 g/mol. The molecule has 42 valence electrons. The van der Waals surface area contributed by atoms with Crippen molar-refractivity contribution >= 4 is 6.08 Å². The van der Waals surface area contributed by atoms with Crippen LogP contribution >= 0.6 is 0 Å². The SMILES string of the molecule is C=Cc1nn[nH]c1F. The summed E-state index contributed by atoms with van der Waals surface area (Å²) >= 11 is 0. The highest BCUT2D eigenvalue weighted by molar-refractivity contribution is 5.39. The second-order valence-electron chi connectivity index (χ2n) is 1.22. The second kappa shape index (κ2) is 1.73. The largest absolute Gasteiger partial charge is 0.236 e. The smallest absolute Gasteiger partial charge is 0.232 e. The minimum Gasteiger partial charge on any atom is -0.232 e. The van der Waals surface area contributed by atoms with Crippen LogP contribution in [0.3, 0.4) is 0 Å². The number of aromatic nitrogens is 3. The molecule has 0 atom stereocenters. The predicted octanol–water partition coefficient (Wildman–Crippen LogP) is 0.587. The molecule has 0 radical (unpaired) electrons. The maximum Gasteiger partial charge on any atom is 0.236 e. The zero-order valence-electron chi connectivity index (χ0n) is 4.06. The van der Waals surface area contributed by atoms with Crippen molar-refractivity contribution in [1.29, 1.82) is 0 Å². The first-order chi connectivity index (χ1) is 3.84. The van der Waals surface area contributed by atoms with Gasteiger partial charge in [-0.2, -0.15) is 4.39 Å². The van der Waals surface area contributed by atoms with Crippen LogP contribution in [-0.2, 0) is 0 Å². The van der Waals surface area contributed by atoms with E-state index in [-0.39, 0.29) is 5.69 Å². The number of hydrogen-bond donors (Lipinski definition) is 1. The average molecular weight is 113 g/mol. The third-order valence-electron chi connectivity index (χ3n) is 0.724. The molecule has 1 heterocycles. The van der Waals surface area contributed by atoms with E-state index in [0.29, 0.717) is 0 Å². The zero-order valence-corrected chi connectivity index (χ0v) is 4.06. The third kappa shape index (κ3) is 0.598. The van der Waals surface area contributed by atoms with E-state index < -0.39 is 5.95 Å².